The van der Waals surface area contributed by atoms with E-state index in [9.17, 15) is 0 Å². The van der Waals surface area contributed by atoms with Gasteiger partial charge in [-0.05, 0) is 52.0 Å². The van der Waals surface area contributed by atoms with Crippen LogP contribution in [0.4, 0.5) is 0 Å². The Morgan fingerprint density at radius 3 is 2.71 bits per heavy atom. The smallest absolute Gasteiger partial charge is 0.0843 e. The Bertz CT molecular complexity index is 269. The molecular weight excluding hydrogens is 328 g/mol. The van der Waals surface area contributed by atoms with Crippen molar-refractivity contribution in [3.63, 3.8) is 0 Å². The molecule has 5 heteroatoms. The maximum atomic E-state index is 3.50. The van der Waals surface area contributed by atoms with Crippen LogP contribution < -0.4 is 5.32 Å². The van der Waals surface area contributed by atoms with Crippen molar-refractivity contribution in [3.05, 3.63) is 19.2 Å². The van der Waals surface area contributed by atoms with Crippen LogP contribution in [0.3, 0.4) is 0 Å². The molecule has 1 aromatic rings. The van der Waals surface area contributed by atoms with Gasteiger partial charge in [-0.1, -0.05) is 0 Å². The lowest BCUT2D eigenvalue weighted by molar-refractivity contribution is 0.331. The van der Waals surface area contributed by atoms with E-state index in [1.807, 2.05) is 7.05 Å². The third-order valence-electron chi connectivity index (χ3n) is 1.87. The molecule has 14 heavy (non-hydrogen) atoms. The van der Waals surface area contributed by atoms with Crippen molar-refractivity contribution < 1.29 is 0 Å². The molecule has 1 heterocycles. The molecule has 0 unspecified atom stereocenters. The second-order valence-corrected chi connectivity index (χ2v) is 6.48. The molecule has 1 rings (SSSR count). The highest BCUT2D eigenvalue weighted by molar-refractivity contribution is 9.13. The van der Waals surface area contributed by atoms with E-state index in [2.05, 4.69) is 55.2 Å². The van der Waals surface area contributed by atoms with E-state index in [4.69, 9.17) is 0 Å². The molecule has 0 aliphatic heterocycles. The van der Waals surface area contributed by atoms with Gasteiger partial charge in [-0.2, -0.15) is 0 Å². The van der Waals surface area contributed by atoms with Crippen molar-refractivity contribution >= 4 is 43.2 Å². The molecule has 0 saturated heterocycles. The summed E-state index contributed by atoms with van der Waals surface area (Å²) >= 11 is 8.77. The van der Waals surface area contributed by atoms with E-state index in [0.29, 0.717) is 0 Å². The average molecular weight is 342 g/mol. The predicted molar refractivity (Wildman–Crippen MR) is 70.0 cm³/mol. The first-order valence-corrected chi connectivity index (χ1v) is 6.80. The number of thiophene rings is 1. The van der Waals surface area contributed by atoms with Gasteiger partial charge in [-0.3, -0.25) is 0 Å². The van der Waals surface area contributed by atoms with E-state index >= 15 is 0 Å². The summed E-state index contributed by atoms with van der Waals surface area (Å²) < 4.78 is 2.33. The normalized spacial score (nSPS) is 11.2. The first kappa shape index (κ1) is 12.6. The Hall–Kier alpha value is 0.580. The zero-order chi connectivity index (χ0) is 10.6. The van der Waals surface area contributed by atoms with E-state index in [1.165, 1.54) is 8.66 Å². The van der Waals surface area contributed by atoms with Crippen LogP contribution >= 0.6 is 43.2 Å². The number of nitrogens with zero attached hydrogens (tertiary/aromatic N) is 1. The molecule has 0 fully saturated rings. The summed E-state index contributed by atoms with van der Waals surface area (Å²) in [4.78, 5) is 3.68. The number of rotatable bonds is 5. The number of halogens is 2. The monoisotopic (exact) mass is 340 g/mol. The quantitative estimate of drug-likeness (QED) is 0.885. The van der Waals surface area contributed by atoms with Gasteiger partial charge in [0.25, 0.3) is 0 Å². The van der Waals surface area contributed by atoms with Gasteiger partial charge in [-0.25, -0.2) is 0 Å². The highest BCUT2D eigenvalue weighted by Crippen LogP contribution is 2.32. The second kappa shape index (κ2) is 6.23. The van der Waals surface area contributed by atoms with Crippen LogP contribution in [-0.2, 0) is 6.54 Å². The highest BCUT2D eigenvalue weighted by Gasteiger charge is 2.06. The molecule has 2 nitrogen and oxygen atoms in total. The van der Waals surface area contributed by atoms with Crippen molar-refractivity contribution in [2.75, 3.05) is 27.2 Å². The maximum absolute atomic E-state index is 3.50. The fourth-order valence-electron chi connectivity index (χ4n) is 1.12. The summed E-state index contributed by atoms with van der Waals surface area (Å²) in [5.41, 5.74) is 0. The molecule has 0 atom stereocenters. The molecule has 0 saturated carbocycles. The number of nitrogens with one attached hydrogen (secondary N) is 1. The van der Waals surface area contributed by atoms with Gasteiger partial charge in [-0.15, -0.1) is 11.3 Å². The van der Waals surface area contributed by atoms with Gasteiger partial charge in [0.2, 0.25) is 0 Å². The lowest BCUT2D eigenvalue weighted by Gasteiger charge is -2.14. The lowest BCUT2D eigenvalue weighted by Crippen LogP contribution is -2.26. The van der Waals surface area contributed by atoms with Gasteiger partial charge < -0.3 is 10.2 Å². The van der Waals surface area contributed by atoms with Crippen LogP contribution in [0.15, 0.2) is 14.3 Å². The number of likely N-dealkylation sites (N-methyl/N-ethyl adjacent to an activating group) is 2. The molecule has 0 bridgehead atoms. The molecule has 0 amide bonds. The van der Waals surface area contributed by atoms with Crippen LogP contribution in [0.25, 0.3) is 0 Å². The molecular formula is C9H14Br2N2S. The molecule has 1 aromatic heterocycles. The van der Waals surface area contributed by atoms with Crippen molar-refractivity contribution in [2.45, 2.75) is 6.54 Å². The Balaban J connectivity index is 2.43. The van der Waals surface area contributed by atoms with Crippen molar-refractivity contribution in [1.29, 1.82) is 0 Å². The average Bonchev–Trinajstić information content (AvgIpc) is 2.42. The van der Waals surface area contributed by atoms with Crippen LogP contribution in [0.5, 0.6) is 0 Å². The van der Waals surface area contributed by atoms with Crippen molar-refractivity contribution in [2.24, 2.45) is 0 Å². The van der Waals surface area contributed by atoms with Gasteiger partial charge in [0.1, 0.15) is 0 Å². The minimum Gasteiger partial charge on any atom is -0.318 e. The van der Waals surface area contributed by atoms with Gasteiger partial charge in [0.15, 0.2) is 0 Å². The third-order valence-corrected chi connectivity index (χ3v) is 5.11. The summed E-state index contributed by atoms with van der Waals surface area (Å²) in [7, 11) is 4.12. The minimum absolute atomic E-state index is 1.01. The SMILES string of the molecule is CNCCN(C)Cc1cc(Br)c(Br)s1. The summed E-state index contributed by atoms with van der Waals surface area (Å²) in [6.07, 6.45) is 0. The fraction of sp³-hybridized carbons (Fsp3) is 0.556. The van der Waals surface area contributed by atoms with Gasteiger partial charge in [0, 0.05) is 29.0 Å². The predicted octanol–water partition coefficient (Wildman–Crippen LogP) is 2.92. The first-order valence-electron chi connectivity index (χ1n) is 4.40. The Labute approximate surface area is 106 Å². The van der Waals surface area contributed by atoms with Crippen molar-refractivity contribution in [3.8, 4) is 0 Å². The second-order valence-electron chi connectivity index (χ2n) is 3.18. The van der Waals surface area contributed by atoms with E-state index < -0.39 is 0 Å². The summed E-state index contributed by atoms with van der Waals surface area (Å²) in [5, 5.41) is 3.14. The van der Waals surface area contributed by atoms with Crippen LogP contribution in [-0.4, -0.2) is 32.1 Å². The standard InChI is InChI=1S/C9H14Br2N2S/c1-12-3-4-13(2)6-7-5-8(10)9(11)14-7/h5,12H,3-4,6H2,1-2H3. The third kappa shape index (κ3) is 3.98. The zero-order valence-corrected chi connectivity index (χ0v) is 12.3. The summed E-state index contributed by atoms with van der Waals surface area (Å²) in [6.45, 7) is 3.12. The first-order chi connectivity index (χ1) is 6.63. The van der Waals surface area contributed by atoms with E-state index in [0.717, 1.165) is 24.1 Å². The number of hydrogen-bond acceptors (Lipinski definition) is 3. The molecule has 0 aliphatic rings. The molecule has 1 N–H and O–H groups in total. The largest absolute Gasteiger partial charge is 0.318 e. The fourth-order valence-corrected chi connectivity index (χ4v) is 3.37. The Kier molecular flexibility index (Phi) is 5.62. The highest BCUT2D eigenvalue weighted by atomic mass is 79.9. The van der Waals surface area contributed by atoms with E-state index in [1.54, 1.807) is 11.3 Å². The minimum atomic E-state index is 1.01. The Morgan fingerprint density at radius 1 is 1.50 bits per heavy atom. The van der Waals surface area contributed by atoms with E-state index in [-0.39, 0.29) is 0 Å². The zero-order valence-electron chi connectivity index (χ0n) is 8.31. The lowest BCUT2D eigenvalue weighted by atomic mass is 10.4. The topological polar surface area (TPSA) is 15.3 Å². The molecule has 0 aromatic carbocycles. The summed E-state index contributed by atoms with van der Waals surface area (Å²) in [6, 6.07) is 2.17. The maximum Gasteiger partial charge on any atom is 0.0843 e. The van der Waals surface area contributed by atoms with Crippen LogP contribution in [0, 0.1) is 0 Å². The van der Waals surface area contributed by atoms with Gasteiger partial charge in [0.05, 0.1) is 3.79 Å². The van der Waals surface area contributed by atoms with Crippen molar-refractivity contribution in [1.82, 2.24) is 10.2 Å². The Morgan fingerprint density at radius 2 is 2.21 bits per heavy atom. The molecule has 80 valence electrons. The summed E-state index contributed by atoms with van der Waals surface area (Å²) in [5.74, 6) is 0. The molecule has 0 aliphatic carbocycles. The van der Waals surface area contributed by atoms with Crippen LogP contribution in [0.1, 0.15) is 4.88 Å². The molecule has 0 radical (unpaired) electrons. The van der Waals surface area contributed by atoms with Crippen LogP contribution in [0.2, 0.25) is 0 Å². The molecule has 0 spiro atoms. The van der Waals surface area contributed by atoms with Gasteiger partial charge >= 0.3 is 0 Å². The number of hydrogen-bond donors (Lipinski definition) is 1.